The van der Waals surface area contributed by atoms with Gasteiger partial charge in [-0.3, -0.25) is 9.59 Å². The Balaban J connectivity index is 2.40. The van der Waals surface area contributed by atoms with E-state index in [0.29, 0.717) is 0 Å². The number of aliphatic hydroxyl groups excluding tert-OH is 3. The number of nitrogens with one attached hydrogen (secondary N) is 1. The zero-order valence-electron chi connectivity index (χ0n) is 17.7. The normalized spacial score (nSPS) is 22.1. The van der Waals surface area contributed by atoms with Crippen molar-refractivity contribution in [3.8, 4) is 0 Å². The highest BCUT2D eigenvalue weighted by Crippen LogP contribution is 2.26. The number of aliphatic imine (C=N–C) groups is 1. The molecule has 0 aliphatic carbocycles. The van der Waals surface area contributed by atoms with Gasteiger partial charge in [-0.1, -0.05) is 18.2 Å². The monoisotopic (exact) mass is 453 g/mol. The van der Waals surface area contributed by atoms with Crippen LogP contribution in [0.3, 0.4) is 0 Å². The number of halogens is 1. The van der Waals surface area contributed by atoms with Crippen LogP contribution in [0.5, 0.6) is 0 Å². The van der Waals surface area contributed by atoms with E-state index in [1.807, 2.05) is 0 Å². The first-order chi connectivity index (χ1) is 15.0. The lowest BCUT2D eigenvalue weighted by atomic mass is 9.92. The maximum Gasteiger partial charge on any atom is 0.288 e. The molecule has 0 fully saturated rings. The number of amides is 2. The van der Waals surface area contributed by atoms with Crippen LogP contribution >= 0.6 is 0 Å². The lowest BCUT2D eigenvalue weighted by Crippen LogP contribution is -2.60. The van der Waals surface area contributed by atoms with Crippen molar-refractivity contribution in [1.82, 2.24) is 10.2 Å². The Labute approximate surface area is 184 Å². The quantitative estimate of drug-likeness (QED) is 0.191. The molecule has 1 aromatic carbocycles. The van der Waals surface area contributed by atoms with Crippen LogP contribution in [0.4, 0.5) is 4.39 Å². The summed E-state index contributed by atoms with van der Waals surface area (Å²) in [6.45, 7) is 0.326. The summed E-state index contributed by atoms with van der Waals surface area (Å²) in [5.74, 6) is -2.32. The van der Waals surface area contributed by atoms with Crippen molar-refractivity contribution in [2.24, 2.45) is 16.5 Å². The van der Waals surface area contributed by atoms with Gasteiger partial charge in [-0.05, 0) is 12.1 Å². The van der Waals surface area contributed by atoms with Crippen LogP contribution in [-0.2, 0) is 20.9 Å². The molecule has 11 nitrogen and oxygen atoms in total. The van der Waals surface area contributed by atoms with Crippen LogP contribution in [-0.4, -0.2) is 82.0 Å². The van der Waals surface area contributed by atoms with E-state index in [1.54, 1.807) is 6.07 Å². The van der Waals surface area contributed by atoms with Crippen molar-refractivity contribution in [2.75, 3.05) is 13.7 Å². The summed E-state index contributed by atoms with van der Waals surface area (Å²) in [6.07, 6.45) is -3.47. The Kier molecular flexibility index (Phi) is 8.52. The van der Waals surface area contributed by atoms with Crippen molar-refractivity contribution in [3.05, 3.63) is 47.5 Å². The number of nitrogens with zero attached hydrogens (tertiary/aromatic N) is 2. The number of aliphatic hydroxyl groups is 3. The van der Waals surface area contributed by atoms with E-state index in [0.717, 1.165) is 0 Å². The van der Waals surface area contributed by atoms with Crippen LogP contribution < -0.4 is 16.8 Å². The van der Waals surface area contributed by atoms with Gasteiger partial charge in [0.15, 0.2) is 11.7 Å². The first-order valence-corrected chi connectivity index (χ1v) is 9.75. The zero-order chi connectivity index (χ0) is 24.0. The van der Waals surface area contributed by atoms with E-state index in [1.165, 1.54) is 43.1 Å². The van der Waals surface area contributed by atoms with Gasteiger partial charge in [-0.2, -0.15) is 0 Å². The SMILES string of the molecule is CC(=O)N[C@H]1[C@H]([C@H](O)[C@H](O)CO)OC(C(=O)N(C)Cc2ccccc2F)=C[C@@H]1N=C(N)N. The van der Waals surface area contributed by atoms with E-state index in [-0.39, 0.29) is 23.8 Å². The minimum atomic E-state index is -1.71. The van der Waals surface area contributed by atoms with Gasteiger partial charge < -0.3 is 41.7 Å². The number of hydrogen-bond acceptors (Lipinski definition) is 7. The summed E-state index contributed by atoms with van der Waals surface area (Å²) < 4.78 is 19.6. The Morgan fingerprint density at radius 3 is 2.53 bits per heavy atom. The molecule has 176 valence electrons. The van der Waals surface area contributed by atoms with Crippen LogP contribution in [0, 0.1) is 5.82 Å². The molecule has 2 amide bonds. The predicted molar refractivity (Wildman–Crippen MR) is 112 cm³/mol. The van der Waals surface area contributed by atoms with Crippen molar-refractivity contribution >= 4 is 17.8 Å². The summed E-state index contributed by atoms with van der Waals surface area (Å²) in [4.78, 5) is 29.9. The maximum atomic E-state index is 14.0. The van der Waals surface area contributed by atoms with Crippen molar-refractivity contribution in [3.63, 3.8) is 0 Å². The predicted octanol–water partition coefficient (Wildman–Crippen LogP) is -2.07. The number of carbonyl (C=O) groups is 2. The Hall–Kier alpha value is -3.22. The number of benzene rings is 1. The van der Waals surface area contributed by atoms with E-state index < -0.39 is 54.6 Å². The number of nitrogens with two attached hydrogens (primary N) is 2. The van der Waals surface area contributed by atoms with Crippen LogP contribution in [0.2, 0.25) is 0 Å². The topological polar surface area (TPSA) is 184 Å². The molecule has 1 aromatic rings. The lowest BCUT2D eigenvalue weighted by Gasteiger charge is -2.39. The second-order valence-corrected chi connectivity index (χ2v) is 7.38. The molecular formula is C20H28FN5O6. The Morgan fingerprint density at radius 2 is 1.97 bits per heavy atom. The van der Waals surface area contributed by atoms with Gasteiger partial charge in [-0.15, -0.1) is 0 Å². The number of ether oxygens (including phenoxy) is 1. The molecule has 1 heterocycles. The molecule has 0 bridgehead atoms. The highest BCUT2D eigenvalue weighted by Gasteiger charge is 2.44. The zero-order valence-corrected chi connectivity index (χ0v) is 17.7. The molecule has 0 saturated carbocycles. The van der Waals surface area contributed by atoms with Gasteiger partial charge in [0.2, 0.25) is 5.91 Å². The summed E-state index contributed by atoms with van der Waals surface area (Å²) in [7, 11) is 1.42. The molecule has 1 aliphatic heterocycles. The van der Waals surface area contributed by atoms with Crippen LogP contribution in [0.25, 0.3) is 0 Å². The van der Waals surface area contributed by atoms with Gasteiger partial charge in [0, 0.05) is 26.1 Å². The summed E-state index contributed by atoms with van der Waals surface area (Å²) in [5, 5.41) is 32.2. The maximum absolute atomic E-state index is 14.0. The van der Waals surface area contributed by atoms with Crippen LogP contribution in [0.15, 0.2) is 41.1 Å². The summed E-state index contributed by atoms with van der Waals surface area (Å²) >= 11 is 0. The third-order valence-corrected chi connectivity index (χ3v) is 4.82. The molecule has 0 unspecified atom stereocenters. The average Bonchev–Trinajstić information content (AvgIpc) is 2.74. The largest absolute Gasteiger partial charge is 0.480 e. The highest BCUT2D eigenvalue weighted by molar-refractivity contribution is 5.92. The lowest BCUT2D eigenvalue weighted by molar-refractivity contribution is -0.140. The Bertz CT molecular complexity index is 891. The van der Waals surface area contributed by atoms with Gasteiger partial charge >= 0.3 is 0 Å². The molecule has 0 saturated heterocycles. The van der Waals surface area contributed by atoms with Crippen molar-refractivity contribution in [1.29, 1.82) is 0 Å². The molecule has 8 N–H and O–H groups in total. The van der Waals surface area contributed by atoms with Crippen molar-refractivity contribution in [2.45, 2.75) is 43.9 Å². The highest BCUT2D eigenvalue weighted by atomic mass is 19.1. The van der Waals surface area contributed by atoms with E-state index >= 15 is 0 Å². The number of likely N-dealkylation sites (N-methyl/N-ethyl adjacent to an activating group) is 1. The molecule has 0 radical (unpaired) electrons. The van der Waals surface area contributed by atoms with Gasteiger partial charge in [-0.25, -0.2) is 9.38 Å². The summed E-state index contributed by atoms with van der Waals surface area (Å²) in [6, 6.07) is 3.83. The van der Waals surface area contributed by atoms with Crippen LogP contribution in [0.1, 0.15) is 12.5 Å². The molecular weight excluding hydrogens is 425 g/mol. The number of hydrogen-bond donors (Lipinski definition) is 6. The number of guanidine groups is 1. The minimum Gasteiger partial charge on any atom is -0.480 e. The third-order valence-electron chi connectivity index (χ3n) is 4.82. The van der Waals surface area contributed by atoms with E-state index in [4.69, 9.17) is 16.2 Å². The molecule has 1 aliphatic rings. The smallest absolute Gasteiger partial charge is 0.288 e. The van der Waals surface area contributed by atoms with Gasteiger partial charge in [0.1, 0.15) is 24.1 Å². The standard InChI is InChI=1S/C20H28FN5O6/c1-10(28)24-16-13(25-20(22)23)7-15(32-18(16)17(30)14(29)9-27)19(31)26(2)8-11-5-3-4-6-12(11)21/h3-7,13-14,16-18,27,29-30H,8-9H2,1-2H3,(H,24,28)(H4,22,23,25)/t13-,14+,16+,17+,18+/m0/s1. The molecule has 0 aromatic heterocycles. The molecule has 5 atom stereocenters. The van der Waals surface area contributed by atoms with E-state index in [9.17, 15) is 29.3 Å². The molecule has 0 spiro atoms. The average molecular weight is 453 g/mol. The van der Waals surface area contributed by atoms with Gasteiger partial charge in [0.05, 0.1) is 18.7 Å². The second kappa shape index (κ2) is 10.9. The first kappa shape index (κ1) is 25.0. The number of rotatable bonds is 8. The molecule has 32 heavy (non-hydrogen) atoms. The van der Waals surface area contributed by atoms with E-state index in [2.05, 4.69) is 10.3 Å². The number of carbonyl (C=O) groups excluding carboxylic acids is 2. The third kappa shape index (κ3) is 6.15. The fraction of sp³-hybridized carbons (Fsp3) is 0.450. The fourth-order valence-electron chi connectivity index (χ4n) is 3.28. The first-order valence-electron chi connectivity index (χ1n) is 9.75. The molecule has 12 heteroatoms. The minimum absolute atomic E-state index is 0.0826. The van der Waals surface area contributed by atoms with Gasteiger partial charge in [0.25, 0.3) is 5.91 Å². The fourth-order valence-corrected chi connectivity index (χ4v) is 3.28. The molecule has 2 rings (SSSR count). The summed E-state index contributed by atoms with van der Waals surface area (Å²) in [5.41, 5.74) is 11.2. The Morgan fingerprint density at radius 1 is 1.31 bits per heavy atom. The second-order valence-electron chi connectivity index (χ2n) is 7.38. The van der Waals surface area contributed by atoms with Crippen molar-refractivity contribution < 1.29 is 34.0 Å².